The van der Waals surface area contributed by atoms with Gasteiger partial charge in [-0.1, -0.05) is 6.07 Å². The average molecular weight is 478 g/mol. The maximum atomic E-state index is 12.6. The van der Waals surface area contributed by atoms with Gasteiger partial charge in [-0.2, -0.15) is 0 Å². The molecule has 0 spiro atoms. The number of nitrogens with zero attached hydrogens (tertiary/aromatic N) is 5. The highest BCUT2D eigenvalue weighted by Gasteiger charge is 2.26. The number of piperazine rings is 1. The number of rotatable bonds is 5. The Bertz CT molecular complexity index is 1170. The van der Waals surface area contributed by atoms with E-state index in [2.05, 4.69) is 14.9 Å². The van der Waals surface area contributed by atoms with Gasteiger partial charge in [-0.25, -0.2) is 14.3 Å². The molecule has 35 heavy (non-hydrogen) atoms. The highest BCUT2D eigenvalue weighted by molar-refractivity contribution is 5.70. The second-order valence-electron chi connectivity index (χ2n) is 9.22. The monoisotopic (exact) mass is 477 g/mol. The van der Waals surface area contributed by atoms with Crippen molar-refractivity contribution in [1.82, 2.24) is 24.3 Å². The van der Waals surface area contributed by atoms with E-state index in [1.165, 1.54) is 10.8 Å². The summed E-state index contributed by atoms with van der Waals surface area (Å²) in [5.74, 6) is 0.294. The van der Waals surface area contributed by atoms with Crippen molar-refractivity contribution in [3.63, 3.8) is 0 Å². The van der Waals surface area contributed by atoms with Gasteiger partial charge in [-0.15, -0.1) is 0 Å². The van der Waals surface area contributed by atoms with E-state index in [1.807, 2.05) is 25.1 Å². The van der Waals surface area contributed by atoms with E-state index in [-0.39, 0.29) is 17.6 Å². The van der Waals surface area contributed by atoms with E-state index in [4.69, 9.17) is 4.74 Å². The molecule has 1 aliphatic heterocycles. The number of aryl methyl sites for hydroxylation is 1. The molecule has 9 nitrogen and oxygen atoms in total. The van der Waals surface area contributed by atoms with Crippen LogP contribution in [0.3, 0.4) is 0 Å². The van der Waals surface area contributed by atoms with Crippen molar-refractivity contribution >= 4 is 6.09 Å². The molecule has 0 radical (unpaired) electrons. The molecule has 1 aliphatic carbocycles. The van der Waals surface area contributed by atoms with E-state index < -0.39 is 6.09 Å². The zero-order chi connectivity index (χ0) is 24.4. The summed E-state index contributed by atoms with van der Waals surface area (Å²) in [5.41, 5.74) is 4.24. The van der Waals surface area contributed by atoms with Crippen molar-refractivity contribution in [3.8, 4) is 23.3 Å². The number of ether oxygens (including phenoxy) is 1. The molecule has 0 saturated carbocycles. The number of hydrogen-bond acceptors (Lipinski definition) is 7. The van der Waals surface area contributed by atoms with Crippen LogP contribution in [0.2, 0.25) is 0 Å². The maximum absolute atomic E-state index is 12.6. The minimum atomic E-state index is -0.424. The highest BCUT2D eigenvalue weighted by Crippen LogP contribution is 2.40. The first kappa shape index (κ1) is 23.2. The molecule has 3 aromatic heterocycles. The van der Waals surface area contributed by atoms with Crippen molar-refractivity contribution < 1.29 is 19.7 Å². The van der Waals surface area contributed by atoms with E-state index in [9.17, 15) is 15.0 Å². The molecule has 1 saturated heterocycles. The van der Waals surface area contributed by atoms with Crippen molar-refractivity contribution in [2.24, 2.45) is 0 Å². The minimum Gasteiger partial charge on any atom is -0.494 e. The van der Waals surface area contributed by atoms with Crippen molar-refractivity contribution in [2.75, 3.05) is 32.7 Å². The third-order valence-corrected chi connectivity index (χ3v) is 6.86. The lowest BCUT2D eigenvalue weighted by Gasteiger charge is -2.33. The Morgan fingerprint density at radius 1 is 1.00 bits per heavy atom. The summed E-state index contributed by atoms with van der Waals surface area (Å²) in [6.45, 7) is 5.65. The first-order valence-corrected chi connectivity index (χ1v) is 12.2. The second kappa shape index (κ2) is 9.95. The lowest BCUT2D eigenvalue weighted by atomic mass is 9.95. The van der Waals surface area contributed by atoms with Crippen LogP contribution in [0.4, 0.5) is 4.79 Å². The number of aromatic hydroxyl groups is 2. The van der Waals surface area contributed by atoms with Gasteiger partial charge in [0, 0.05) is 67.7 Å². The number of hydrogen-bond donors (Lipinski definition) is 2. The zero-order valence-corrected chi connectivity index (χ0v) is 20.0. The summed E-state index contributed by atoms with van der Waals surface area (Å²) in [7, 11) is 0. The topological polar surface area (TPSA) is 104 Å². The molecule has 3 aromatic rings. The van der Waals surface area contributed by atoms with Crippen LogP contribution in [0, 0.1) is 6.92 Å². The van der Waals surface area contributed by atoms with E-state index in [0.29, 0.717) is 18.8 Å². The molecule has 0 atom stereocenters. The molecular weight excluding hydrogens is 446 g/mol. The van der Waals surface area contributed by atoms with Gasteiger partial charge in [-0.3, -0.25) is 9.88 Å². The quantitative estimate of drug-likeness (QED) is 0.581. The Balaban J connectivity index is 1.15. The molecule has 9 heteroatoms. The molecule has 0 bridgehead atoms. The third-order valence-electron chi connectivity index (χ3n) is 6.86. The van der Waals surface area contributed by atoms with Crippen LogP contribution in [0.5, 0.6) is 17.6 Å². The normalized spacial score (nSPS) is 16.2. The number of amides is 1. The Hall–Kier alpha value is -3.59. The molecular formula is C26H31N5O4. The Morgan fingerprint density at radius 3 is 2.34 bits per heavy atom. The van der Waals surface area contributed by atoms with Gasteiger partial charge in [0.05, 0.1) is 11.9 Å². The second-order valence-corrected chi connectivity index (χ2v) is 9.22. The van der Waals surface area contributed by atoms with Crippen LogP contribution in [-0.2, 0) is 19.3 Å². The number of pyridine rings is 2. The van der Waals surface area contributed by atoms with Crippen LogP contribution in [0.25, 0.3) is 5.69 Å². The molecule has 4 heterocycles. The van der Waals surface area contributed by atoms with Crippen molar-refractivity contribution in [3.05, 3.63) is 59.0 Å². The van der Waals surface area contributed by atoms with E-state index in [1.54, 1.807) is 17.0 Å². The summed E-state index contributed by atoms with van der Waals surface area (Å²) in [5, 5.41) is 21.2. The molecule has 184 valence electrons. The summed E-state index contributed by atoms with van der Waals surface area (Å²) in [4.78, 5) is 25.4. The molecule has 2 N–H and O–H groups in total. The highest BCUT2D eigenvalue weighted by atomic mass is 16.6. The Kier molecular flexibility index (Phi) is 6.59. The Labute approximate surface area is 204 Å². The number of fused-ring (bicyclic) bond motifs is 1. The Morgan fingerprint density at radius 2 is 1.71 bits per heavy atom. The number of aromatic nitrogens is 3. The fraction of sp³-hybridized carbons (Fsp3) is 0.423. The summed E-state index contributed by atoms with van der Waals surface area (Å²) in [6, 6.07) is 9.33. The lowest BCUT2D eigenvalue weighted by Crippen LogP contribution is -2.50. The van der Waals surface area contributed by atoms with Gasteiger partial charge in [-0.05, 0) is 50.8 Å². The average Bonchev–Trinajstić information content (AvgIpc) is 3.13. The lowest BCUT2D eigenvalue weighted by molar-refractivity contribution is 0.110. The first-order valence-electron chi connectivity index (χ1n) is 12.2. The van der Waals surface area contributed by atoms with Crippen LogP contribution in [-0.4, -0.2) is 73.4 Å². The predicted molar refractivity (Wildman–Crippen MR) is 130 cm³/mol. The van der Waals surface area contributed by atoms with Crippen LogP contribution >= 0.6 is 0 Å². The van der Waals surface area contributed by atoms with Gasteiger partial charge in [0.1, 0.15) is 0 Å². The number of carbonyl (C=O) groups is 1. The zero-order valence-electron chi connectivity index (χ0n) is 20.0. The SMILES string of the molecule is Cc1cccc(CCN2CCN(C(=O)Oc3ccc(-n4c(O)c5c(c4O)CCCC5)cn3)CC2)n1. The van der Waals surface area contributed by atoms with E-state index >= 15 is 0 Å². The van der Waals surface area contributed by atoms with Gasteiger partial charge >= 0.3 is 6.09 Å². The smallest absolute Gasteiger partial charge is 0.416 e. The van der Waals surface area contributed by atoms with Crippen LogP contribution < -0.4 is 4.74 Å². The first-order chi connectivity index (χ1) is 17.0. The molecule has 1 amide bonds. The molecule has 0 unspecified atom stereocenters. The maximum Gasteiger partial charge on any atom is 0.416 e. The van der Waals surface area contributed by atoms with Gasteiger partial charge in [0.2, 0.25) is 17.6 Å². The molecule has 2 aliphatic rings. The third kappa shape index (κ3) is 4.95. The van der Waals surface area contributed by atoms with Crippen LogP contribution in [0.1, 0.15) is 35.4 Å². The minimum absolute atomic E-state index is 0.0554. The van der Waals surface area contributed by atoms with Crippen molar-refractivity contribution in [1.29, 1.82) is 0 Å². The fourth-order valence-corrected chi connectivity index (χ4v) is 4.90. The summed E-state index contributed by atoms with van der Waals surface area (Å²) >= 11 is 0. The van der Waals surface area contributed by atoms with Gasteiger partial charge in [0.15, 0.2) is 0 Å². The van der Waals surface area contributed by atoms with Crippen molar-refractivity contribution in [2.45, 2.75) is 39.0 Å². The van der Waals surface area contributed by atoms with Gasteiger partial charge in [0.25, 0.3) is 0 Å². The van der Waals surface area contributed by atoms with Crippen LogP contribution in [0.15, 0.2) is 36.5 Å². The molecule has 1 fully saturated rings. The fourth-order valence-electron chi connectivity index (χ4n) is 4.90. The summed E-state index contributed by atoms with van der Waals surface area (Å²) in [6.07, 6.45) is 5.45. The van der Waals surface area contributed by atoms with E-state index in [0.717, 1.165) is 74.3 Å². The predicted octanol–water partition coefficient (Wildman–Crippen LogP) is 3.22. The standard InChI is InChI=1S/C26H31N5O4/c1-18-5-4-6-19(28-18)11-12-29-13-15-30(16-14-29)26(34)35-23-10-9-20(17-27-23)31-24(32)21-7-2-3-8-22(21)25(31)33/h4-6,9-10,17,32-33H,2-3,7-8,11-16H2,1H3. The molecule has 5 rings (SSSR count). The number of carbonyl (C=O) groups excluding carboxylic acids is 1. The largest absolute Gasteiger partial charge is 0.494 e. The summed E-state index contributed by atoms with van der Waals surface area (Å²) < 4.78 is 6.88. The molecule has 0 aromatic carbocycles. The van der Waals surface area contributed by atoms with Gasteiger partial charge < -0.3 is 19.8 Å².